The summed E-state index contributed by atoms with van der Waals surface area (Å²) in [5.74, 6) is -0.553. The van der Waals surface area contributed by atoms with E-state index >= 15 is 0 Å². The third-order valence-electron chi connectivity index (χ3n) is 3.79. The molecule has 6 nitrogen and oxygen atoms in total. The number of hydrogen-bond donors (Lipinski definition) is 1. The van der Waals surface area contributed by atoms with Gasteiger partial charge in [-0.05, 0) is 17.7 Å². The molecule has 0 radical (unpaired) electrons. The van der Waals surface area contributed by atoms with Crippen molar-refractivity contribution in [3.8, 4) is 5.75 Å². The summed E-state index contributed by atoms with van der Waals surface area (Å²) >= 11 is 0. The summed E-state index contributed by atoms with van der Waals surface area (Å²) in [7, 11) is 0. The van der Waals surface area contributed by atoms with Crippen molar-refractivity contribution < 1.29 is 24.2 Å². The zero-order chi connectivity index (χ0) is 16.9. The Morgan fingerprint density at radius 3 is 2.67 bits per heavy atom. The fraction of sp³-hybridized carbons (Fsp3) is 0.222. The van der Waals surface area contributed by atoms with Crippen molar-refractivity contribution in [2.75, 3.05) is 13.2 Å². The van der Waals surface area contributed by atoms with E-state index in [0.29, 0.717) is 17.9 Å². The van der Waals surface area contributed by atoms with Gasteiger partial charge in [0.05, 0.1) is 18.7 Å². The van der Waals surface area contributed by atoms with Crippen LogP contribution >= 0.6 is 0 Å². The maximum absolute atomic E-state index is 12.3. The average Bonchev–Trinajstić information content (AvgIpc) is 2.82. The lowest BCUT2D eigenvalue weighted by atomic mass is 10.1. The first-order chi connectivity index (χ1) is 11.6. The Labute approximate surface area is 139 Å². The van der Waals surface area contributed by atoms with Gasteiger partial charge in [-0.15, -0.1) is 0 Å². The van der Waals surface area contributed by atoms with Gasteiger partial charge in [-0.2, -0.15) is 0 Å². The van der Waals surface area contributed by atoms with Gasteiger partial charge in [0, 0.05) is 5.56 Å². The van der Waals surface area contributed by atoms with Crippen molar-refractivity contribution in [2.45, 2.75) is 13.2 Å². The van der Waals surface area contributed by atoms with E-state index in [1.165, 1.54) is 11.0 Å². The lowest BCUT2D eigenvalue weighted by Crippen LogP contribution is -2.33. The van der Waals surface area contributed by atoms with E-state index in [9.17, 15) is 14.7 Å². The van der Waals surface area contributed by atoms with Crippen molar-refractivity contribution in [1.29, 1.82) is 0 Å². The van der Waals surface area contributed by atoms with Gasteiger partial charge in [0.25, 0.3) is 0 Å². The van der Waals surface area contributed by atoms with Crippen LogP contribution in [0.15, 0.2) is 48.5 Å². The first kappa shape index (κ1) is 15.9. The molecule has 3 rings (SSSR count). The Bertz CT molecular complexity index is 744. The van der Waals surface area contributed by atoms with Crippen molar-refractivity contribution in [3.63, 3.8) is 0 Å². The molecule has 0 spiro atoms. The maximum Gasteiger partial charge on any atom is 0.410 e. The molecule has 0 saturated heterocycles. The normalized spacial score (nSPS) is 13.4. The van der Waals surface area contributed by atoms with Crippen LogP contribution < -0.4 is 4.74 Å². The van der Waals surface area contributed by atoms with Crippen LogP contribution in [0.1, 0.15) is 21.5 Å². The molecule has 1 aliphatic rings. The first-order valence-electron chi connectivity index (χ1n) is 7.59. The highest BCUT2D eigenvalue weighted by Gasteiger charge is 2.24. The fourth-order valence-electron chi connectivity index (χ4n) is 2.57. The Hall–Kier alpha value is -3.02. The van der Waals surface area contributed by atoms with Gasteiger partial charge in [-0.3, -0.25) is 0 Å². The Morgan fingerprint density at radius 2 is 1.92 bits per heavy atom. The van der Waals surface area contributed by atoms with Crippen molar-refractivity contribution in [3.05, 3.63) is 65.2 Å². The van der Waals surface area contributed by atoms with Crippen LogP contribution in [-0.4, -0.2) is 35.2 Å². The number of nitrogens with zero attached hydrogens (tertiary/aromatic N) is 1. The topological polar surface area (TPSA) is 76.1 Å². The van der Waals surface area contributed by atoms with Crippen LogP contribution in [0.2, 0.25) is 0 Å². The number of aromatic carboxylic acids is 1. The van der Waals surface area contributed by atoms with Crippen LogP contribution in [-0.2, 0) is 17.9 Å². The number of ether oxygens (including phenoxy) is 2. The second-order valence-corrected chi connectivity index (χ2v) is 5.40. The zero-order valence-corrected chi connectivity index (χ0v) is 13.0. The number of fused-ring (bicyclic) bond motifs is 1. The smallest absolute Gasteiger partial charge is 0.410 e. The van der Waals surface area contributed by atoms with E-state index in [0.717, 1.165) is 5.56 Å². The molecule has 1 amide bonds. The summed E-state index contributed by atoms with van der Waals surface area (Å²) in [4.78, 5) is 25.2. The minimum Gasteiger partial charge on any atom is -0.491 e. The first-order valence-corrected chi connectivity index (χ1v) is 7.59. The number of benzene rings is 2. The molecule has 0 unspecified atom stereocenters. The van der Waals surface area contributed by atoms with Crippen molar-refractivity contribution in [1.82, 2.24) is 4.90 Å². The molecule has 124 valence electrons. The van der Waals surface area contributed by atoms with Crippen LogP contribution in [0.3, 0.4) is 0 Å². The highest BCUT2D eigenvalue weighted by Crippen LogP contribution is 2.27. The van der Waals surface area contributed by atoms with Crippen LogP contribution in [0.4, 0.5) is 4.79 Å². The molecule has 6 heteroatoms. The molecule has 0 aliphatic carbocycles. The Balaban J connectivity index is 1.73. The summed E-state index contributed by atoms with van der Waals surface area (Å²) in [6.07, 6.45) is -0.490. The molecular weight excluding hydrogens is 310 g/mol. The lowest BCUT2D eigenvalue weighted by molar-refractivity contribution is 0.0691. The predicted octanol–water partition coefficient (Wildman–Crippen LogP) is 2.92. The quantitative estimate of drug-likeness (QED) is 0.938. The molecule has 1 aliphatic heterocycles. The molecule has 2 aromatic rings. The molecule has 0 fully saturated rings. The SMILES string of the molecule is O=C(O)c1cccc2c1CN(C(=O)OCc1ccccc1)CCO2. The highest BCUT2D eigenvalue weighted by atomic mass is 16.6. The van der Waals surface area contributed by atoms with E-state index < -0.39 is 12.1 Å². The number of carboxylic acid groups (broad SMARTS) is 1. The van der Waals surface area contributed by atoms with E-state index in [2.05, 4.69) is 0 Å². The largest absolute Gasteiger partial charge is 0.491 e. The lowest BCUT2D eigenvalue weighted by Gasteiger charge is -2.20. The fourth-order valence-corrected chi connectivity index (χ4v) is 2.57. The molecule has 0 bridgehead atoms. The highest BCUT2D eigenvalue weighted by molar-refractivity contribution is 5.90. The third kappa shape index (κ3) is 3.48. The number of carbonyl (C=O) groups is 2. The van der Waals surface area contributed by atoms with Gasteiger partial charge in [0.1, 0.15) is 19.0 Å². The van der Waals surface area contributed by atoms with Gasteiger partial charge in [0.15, 0.2) is 0 Å². The van der Waals surface area contributed by atoms with Gasteiger partial charge < -0.3 is 19.5 Å². The zero-order valence-electron chi connectivity index (χ0n) is 13.0. The van der Waals surface area contributed by atoms with Gasteiger partial charge in [-0.25, -0.2) is 9.59 Å². The number of hydrogen-bond acceptors (Lipinski definition) is 4. The second kappa shape index (κ2) is 7.04. The van der Waals surface area contributed by atoms with Gasteiger partial charge >= 0.3 is 12.1 Å². The Kier molecular flexibility index (Phi) is 4.65. The molecule has 2 aromatic carbocycles. The summed E-state index contributed by atoms with van der Waals surface area (Å²) < 4.78 is 10.9. The molecule has 1 heterocycles. The molecule has 24 heavy (non-hydrogen) atoms. The van der Waals surface area contributed by atoms with E-state index in [-0.39, 0.29) is 25.3 Å². The van der Waals surface area contributed by atoms with Gasteiger partial charge in [-0.1, -0.05) is 36.4 Å². The van der Waals surface area contributed by atoms with Crippen molar-refractivity contribution in [2.24, 2.45) is 0 Å². The van der Waals surface area contributed by atoms with Crippen LogP contribution in [0, 0.1) is 0 Å². The number of rotatable bonds is 3. The minimum absolute atomic E-state index is 0.134. The van der Waals surface area contributed by atoms with Crippen LogP contribution in [0.5, 0.6) is 5.75 Å². The number of carbonyl (C=O) groups excluding carboxylic acids is 1. The van der Waals surface area contributed by atoms with E-state index in [1.54, 1.807) is 12.1 Å². The number of amides is 1. The standard InChI is InChI=1S/C18H17NO5/c20-17(21)14-7-4-8-16-15(14)11-19(9-10-23-16)18(22)24-12-13-5-2-1-3-6-13/h1-8H,9-12H2,(H,20,21). The molecule has 1 N–H and O–H groups in total. The second-order valence-electron chi connectivity index (χ2n) is 5.40. The molecular formula is C18H17NO5. The minimum atomic E-state index is -1.05. The van der Waals surface area contributed by atoms with E-state index in [4.69, 9.17) is 9.47 Å². The third-order valence-corrected chi connectivity index (χ3v) is 3.79. The maximum atomic E-state index is 12.3. The Morgan fingerprint density at radius 1 is 1.12 bits per heavy atom. The van der Waals surface area contributed by atoms with Crippen molar-refractivity contribution >= 4 is 12.1 Å². The monoisotopic (exact) mass is 327 g/mol. The summed E-state index contributed by atoms with van der Waals surface area (Å²) in [6, 6.07) is 14.2. The summed E-state index contributed by atoms with van der Waals surface area (Å²) in [5, 5.41) is 9.32. The van der Waals surface area contributed by atoms with Gasteiger partial charge in [0.2, 0.25) is 0 Å². The summed E-state index contributed by atoms with van der Waals surface area (Å²) in [6.45, 7) is 0.938. The molecule has 0 aromatic heterocycles. The average molecular weight is 327 g/mol. The molecule has 0 atom stereocenters. The number of carboxylic acids is 1. The van der Waals surface area contributed by atoms with E-state index in [1.807, 2.05) is 30.3 Å². The van der Waals surface area contributed by atoms with Crippen LogP contribution in [0.25, 0.3) is 0 Å². The summed E-state index contributed by atoms with van der Waals surface area (Å²) in [5.41, 5.74) is 1.51. The predicted molar refractivity (Wildman–Crippen MR) is 85.9 cm³/mol. The molecule has 0 saturated carbocycles.